The molecule has 3 heteroatoms. The molecular formula is C17H17N3. The summed E-state index contributed by atoms with van der Waals surface area (Å²) >= 11 is 0. The highest BCUT2D eigenvalue weighted by molar-refractivity contribution is 5.56. The molecule has 0 spiro atoms. The minimum Gasteiger partial charge on any atom is -0.367 e. The summed E-state index contributed by atoms with van der Waals surface area (Å²) in [5.41, 5.74) is 4.22. The fourth-order valence-corrected chi connectivity index (χ4v) is 2.93. The Labute approximate surface area is 119 Å². The Bertz CT molecular complexity index is 657. The number of aromatic nitrogens is 1. The minimum absolute atomic E-state index is 0.531. The van der Waals surface area contributed by atoms with Crippen LogP contribution in [0.2, 0.25) is 0 Å². The molecule has 3 rings (SSSR count). The molecular weight excluding hydrogens is 246 g/mol. The first-order chi connectivity index (χ1) is 9.78. The zero-order chi connectivity index (χ0) is 13.9. The molecule has 0 radical (unpaired) electrons. The predicted molar refractivity (Wildman–Crippen MR) is 79.3 cm³/mol. The van der Waals surface area contributed by atoms with E-state index in [0.717, 1.165) is 25.1 Å². The second-order valence-corrected chi connectivity index (χ2v) is 5.44. The van der Waals surface area contributed by atoms with Crippen LogP contribution < -0.4 is 4.90 Å². The molecule has 0 saturated carbocycles. The van der Waals surface area contributed by atoms with Gasteiger partial charge in [-0.3, -0.25) is 0 Å². The number of para-hydroxylation sites is 1. The maximum Gasteiger partial charge on any atom is 0.145 e. The van der Waals surface area contributed by atoms with Gasteiger partial charge in [0.2, 0.25) is 0 Å². The monoisotopic (exact) mass is 263 g/mol. The van der Waals surface area contributed by atoms with Gasteiger partial charge in [-0.2, -0.15) is 5.26 Å². The van der Waals surface area contributed by atoms with E-state index >= 15 is 0 Å². The van der Waals surface area contributed by atoms with Crippen molar-refractivity contribution in [2.45, 2.75) is 19.9 Å². The molecule has 1 unspecified atom stereocenters. The van der Waals surface area contributed by atoms with Crippen LogP contribution in [0.1, 0.15) is 23.7 Å². The molecule has 0 N–H and O–H groups in total. The molecule has 0 amide bonds. The van der Waals surface area contributed by atoms with E-state index in [0.29, 0.717) is 11.6 Å². The predicted octanol–water partition coefficient (Wildman–Crippen LogP) is 3.15. The number of nitrogens with zero attached hydrogens (tertiary/aromatic N) is 3. The van der Waals surface area contributed by atoms with Gasteiger partial charge in [0.1, 0.15) is 11.8 Å². The van der Waals surface area contributed by atoms with Crippen LogP contribution in [-0.4, -0.2) is 11.5 Å². The number of benzene rings is 1. The Morgan fingerprint density at radius 2 is 2.15 bits per heavy atom. The lowest BCUT2D eigenvalue weighted by Gasteiger charge is -2.35. The molecule has 2 aromatic rings. The van der Waals surface area contributed by atoms with Gasteiger partial charge in [0, 0.05) is 30.5 Å². The molecule has 1 aliphatic heterocycles. The van der Waals surface area contributed by atoms with Gasteiger partial charge in [-0.05, 0) is 30.0 Å². The van der Waals surface area contributed by atoms with Gasteiger partial charge in [-0.15, -0.1) is 0 Å². The maximum atomic E-state index is 9.16. The zero-order valence-corrected chi connectivity index (χ0v) is 11.6. The van der Waals surface area contributed by atoms with E-state index in [1.807, 2.05) is 12.1 Å². The van der Waals surface area contributed by atoms with Crippen LogP contribution in [0, 0.1) is 17.2 Å². The number of hydrogen-bond acceptors (Lipinski definition) is 3. The van der Waals surface area contributed by atoms with Crippen LogP contribution in [0.5, 0.6) is 0 Å². The lowest BCUT2D eigenvalue weighted by atomic mass is 9.93. The third-order valence-electron chi connectivity index (χ3n) is 3.79. The molecule has 1 aliphatic rings. The Morgan fingerprint density at radius 1 is 1.30 bits per heavy atom. The first-order valence-corrected chi connectivity index (χ1v) is 6.95. The number of fused-ring (bicyclic) bond motifs is 1. The molecule has 100 valence electrons. The number of rotatable bonds is 2. The topological polar surface area (TPSA) is 39.9 Å². The summed E-state index contributed by atoms with van der Waals surface area (Å²) in [7, 11) is 0. The lowest BCUT2D eigenvalue weighted by Crippen LogP contribution is -2.34. The molecule has 0 bridgehead atoms. The largest absolute Gasteiger partial charge is 0.367 e. The van der Waals surface area contributed by atoms with Crippen LogP contribution in [0.25, 0.3) is 0 Å². The summed E-state index contributed by atoms with van der Waals surface area (Å²) in [6.07, 6.45) is 2.81. The number of nitriles is 1. The Balaban J connectivity index is 1.93. The zero-order valence-electron chi connectivity index (χ0n) is 11.6. The summed E-state index contributed by atoms with van der Waals surface area (Å²) in [5.74, 6) is 0.632. The Morgan fingerprint density at radius 3 is 3.00 bits per heavy atom. The maximum absolute atomic E-state index is 9.16. The molecule has 2 heterocycles. The molecule has 0 fully saturated rings. The van der Waals surface area contributed by atoms with Crippen molar-refractivity contribution in [2.24, 2.45) is 5.92 Å². The summed E-state index contributed by atoms with van der Waals surface area (Å²) in [6.45, 7) is 4.05. The summed E-state index contributed by atoms with van der Waals surface area (Å²) < 4.78 is 0. The van der Waals surface area contributed by atoms with Crippen molar-refractivity contribution < 1.29 is 0 Å². The van der Waals surface area contributed by atoms with Crippen LogP contribution in [-0.2, 0) is 13.0 Å². The van der Waals surface area contributed by atoms with Gasteiger partial charge in [0.15, 0.2) is 0 Å². The van der Waals surface area contributed by atoms with E-state index in [1.54, 1.807) is 6.20 Å². The van der Waals surface area contributed by atoms with Crippen LogP contribution in [0.15, 0.2) is 42.6 Å². The first-order valence-electron chi connectivity index (χ1n) is 6.95. The average Bonchev–Trinajstić information content (AvgIpc) is 2.47. The van der Waals surface area contributed by atoms with Crippen molar-refractivity contribution in [3.05, 3.63) is 59.4 Å². The van der Waals surface area contributed by atoms with Gasteiger partial charge in [0.25, 0.3) is 0 Å². The van der Waals surface area contributed by atoms with E-state index in [-0.39, 0.29) is 0 Å². The van der Waals surface area contributed by atoms with Crippen molar-refractivity contribution in [1.82, 2.24) is 4.98 Å². The number of hydrogen-bond donors (Lipinski definition) is 0. The molecule has 1 aromatic carbocycles. The average molecular weight is 263 g/mol. The van der Waals surface area contributed by atoms with Gasteiger partial charge in [0.05, 0.1) is 0 Å². The fourth-order valence-electron chi connectivity index (χ4n) is 2.93. The van der Waals surface area contributed by atoms with Crippen LogP contribution in [0.4, 0.5) is 5.69 Å². The van der Waals surface area contributed by atoms with Crippen molar-refractivity contribution >= 4 is 5.69 Å². The van der Waals surface area contributed by atoms with Crippen molar-refractivity contribution in [3.63, 3.8) is 0 Å². The molecule has 0 saturated heterocycles. The summed E-state index contributed by atoms with van der Waals surface area (Å²) in [6, 6.07) is 14.6. The molecule has 0 aliphatic carbocycles. The third-order valence-corrected chi connectivity index (χ3v) is 3.79. The summed E-state index contributed by atoms with van der Waals surface area (Å²) in [4.78, 5) is 6.51. The van der Waals surface area contributed by atoms with Crippen molar-refractivity contribution in [2.75, 3.05) is 11.4 Å². The molecule has 20 heavy (non-hydrogen) atoms. The van der Waals surface area contributed by atoms with Gasteiger partial charge in [-0.25, -0.2) is 4.98 Å². The summed E-state index contributed by atoms with van der Waals surface area (Å²) in [5, 5.41) is 9.16. The fraction of sp³-hybridized carbons (Fsp3) is 0.294. The lowest BCUT2D eigenvalue weighted by molar-refractivity contribution is 0.530. The second kappa shape index (κ2) is 5.34. The highest BCUT2D eigenvalue weighted by Crippen LogP contribution is 2.30. The van der Waals surface area contributed by atoms with E-state index in [2.05, 4.69) is 47.1 Å². The molecule has 1 aromatic heterocycles. The number of pyridine rings is 1. The number of anilines is 1. The highest BCUT2D eigenvalue weighted by atomic mass is 15.1. The SMILES string of the molecule is CC1Cc2ccccc2N(Cc2cccnc2C#N)C1. The molecule has 1 atom stereocenters. The Hall–Kier alpha value is -2.34. The van der Waals surface area contributed by atoms with Gasteiger partial charge in [-0.1, -0.05) is 31.2 Å². The van der Waals surface area contributed by atoms with Crippen molar-refractivity contribution in [1.29, 1.82) is 5.26 Å². The smallest absolute Gasteiger partial charge is 0.145 e. The van der Waals surface area contributed by atoms with E-state index < -0.39 is 0 Å². The quantitative estimate of drug-likeness (QED) is 0.835. The normalized spacial score (nSPS) is 17.4. The van der Waals surface area contributed by atoms with Gasteiger partial charge >= 0.3 is 0 Å². The Kier molecular flexibility index (Phi) is 3.39. The highest BCUT2D eigenvalue weighted by Gasteiger charge is 2.22. The first kappa shape index (κ1) is 12.7. The van der Waals surface area contributed by atoms with Gasteiger partial charge < -0.3 is 4.90 Å². The van der Waals surface area contributed by atoms with Crippen LogP contribution in [0.3, 0.4) is 0 Å². The van der Waals surface area contributed by atoms with Crippen LogP contribution >= 0.6 is 0 Å². The van der Waals surface area contributed by atoms with E-state index in [1.165, 1.54) is 11.3 Å². The molecule has 3 nitrogen and oxygen atoms in total. The van der Waals surface area contributed by atoms with Crippen molar-refractivity contribution in [3.8, 4) is 6.07 Å². The minimum atomic E-state index is 0.531. The second-order valence-electron chi connectivity index (χ2n) is 5.44. The standard InChI is InChI=1S/C17H17N3/c1-13-9-14-5-2-3-7-17(14)20(11-13)12-15-6-4-8-19-16(15)10-18/h2-8,13H,9,11-12H2,1H3. The van der Waals surface area contributed by atoms with E-state index in [4.69, 9.17) is 5.26 Å². The third kappa shape index (κ3) is 2.37. The van der Waals surface area contributed by atoms with E-state index in [9.17, 15) is 0 Å².